The lowest BCUT2D eigenvalue weighted by Gasteiger charge is -2.17. The number of rotatable bonds is 6. The number of hydrogen-bond donors (Lipinski definition) is 1. The van der Waals surface area contributed by atoms with Crippen LogP contribution in [-0.2, 0) is 19.0 Å². The summed E-state index contributed by atoms with van der Waals surface area (Å²) >= 11 is 0. The third-order valence-corrected chi connectivity index (χ3v) is 2.77. The lowest BCUT2D eigenvalue weighted by atomic mass is 10.1. The number of hydrogen-bond acceptors (Lipinski definition) is 3. The lowest BCUT2D eigenvalue weighted by Crippen LogP contribution is -2.25. The molecule has 1 aromatic heterocycles. The van der Waals surface area contributed by atoms with Gasteiger partial charge in [-0.3, -0.25) is 0 Å². The summed E-state index contributed by atoms with van der Waals surface area (Å²) in [5, 5.41) is 6.91. The SMILES string of the molecule is CCNCc1ncnn1CC(F)(F)c1ccccc1. The van der Waals surface area contributed by atoms with Crippen LogP contribution in [-0.4, -0.2) is 21.3 Å². The van der Waals surface area contributed by atoms with Gasteiger partial charge in [0.05, 0.1) is 6.54 Å². The zero-order valence-corrected chi connectivity index (χ0v) is 10.7. The van der Waals surface area contributed by atoms with Crippen molar-refractivity contribution in [1.29, 1.82) is 0 Å². The maximum atomic E-state index is 14.1. The average molecular weight is 266 g/mol. The molecule has 6 heteroatoms. The van der Waals surface area contributed by atoms with Crippen LogP contribution in [0.1, 0.15) is 18.3 Å². The third kappa shape index (κ3) is 3.35. The number of nitrogens with one attached hydrogen (secondary N) is 1. The molecule has 1 heterocycles. The predicted molar refractivity (Wildman–Crippen MR) is 67.7 cm³/mol. The van der Waals surface area contributed by atoms with E-state index in [2.05, 4.69) is 15.4 Å². The van der Waals surface area contributed by atoms with Gasteiger partial charge >= 0.3 is 0 Å². The van der Waals surface area contributed by atoms with E-state index in [1.807, 2.05) is 6.92 Å². The second-order valence-electron chi connectivity index (χ2n) is 4.18. The number of benzene rings is 1. The van der Waals surface area contributed by atoms with E-state index < -0.39 is 12.5 Å². The Morgan fingerprint density at radius 1 is 1.26 bits per heavy atom. The van der Waals surface area contributed by atoms with E-state index in [1.165, 1.54) is 23.1 Å². The minimum Gasteiger partial charge on any atom is -0.310 e. The van der Waals surface area contributed by atoms with E-state index in [0.29, 0.717) is 12.4 Å². The Labute approximate surface area is 110 Å². The van der Waals surface area contributed by atoms with Crippen LogP contribution in [0.3, 0.4) is 0 Å². The van der Waals surface area contributed by atoms with E-state index in [1.54, 1.807) is 18.2 Å². The van der Waals surface area contributed by atoms with Gasteiger partial charge in [0.2, 0.25) is 0 Å². The highest BCUT2D eigenvalue weighted by Gasteiger charge is 2.33. The first-order chi connectivity index (χ1) is 9.13. The summed E-state index contributed by atoms with van der Waals surface area (Å²) < 4.78 is 29.5. The molecule has 0 fully saturated rings. The Morgan fingerprint density at radius 2 is 2.00 bits per heavy atom. The fourth-order valence-electron chi connectivity index (χ4n) is 1.76. The van der Waals surface area contributed by atoms with Gasteiger partial charge in [-0.05, 0) is 6.54 Å². The Kier molecular flexibility index (Phi) is 4.21. The van der Waals surface area contributed by atoms with Gasteiger partial charge in [-0.15, -0.1) is 0 Å². The van der Waals surface area contributed by atoms with E-state index in [9.17, 15) is 8.78 Å². The highest BCUT2D eigenvalue weighted by molar-refractivity contribution is 5.19. The first kappa shape index (κ1) is 13.6. The Hall–Kier alpha value is -1.82. The molecule has 1 N–H and O–H groups in total. The topological polar surface area (TPSA) is 42.7 Å². The van der Waals surface area contributed by atoms with E-state index in [4.69, 9.17) is 0 Å². The van der Waals surface area contributed by atoms with Gasteiger partial charge in [0.25, 0.3) is 5.92 Å². The van der Waals surface area contributed by atoms with Crippen LogP contribution in [0.25, 0.3) is 0 Å². The summed E-state index contributed by atoms with van der Waals surface area (Å²) in [5.41, 5.74) is -0.0140. The molecule has 0 radical (unpaired) electrons. The summed E-state index contributed by atoms with van der Waals surface area (Å²) in [4.78, 5) is 3.99. The van der Waals surface area contributed by atoms with Crippen molar-refractivity contribution in [3.63, 3.8) is 0 Å². The third-order valence-electron chi connectivity index (χ3n) is 2.77. The molecule has 0 amide bonds. The maximum Gasteiger partial charge on any atom is 0.292 e. The molecular formula is C13H16F2N4. The highest BCUT2D eigenvalue weighted by Crippen LogP contribution is 2.29. The smallest absolute Gasteiger partial charge is 0.292 e. The van der Waals surface area contributed by atoms with Crippen LogP contribution in [0.15, 0.2) is 36.7 Å². The fourth-order valence-corrected chi connectivity index (χ4v) is 1.76. The van der Waals surface area contributed by atoms with Crippen LogP contribution in [0, 0.1) is 0 Å². The van der Waals surface area contributed by atoms with Crippen LogP contribution in [0.4, 0.5) is 8.78 Å². The van der Waals surface area contributed by atoms with Crippen LogP contribution in [0.5, 0.6) is 0 Å². The molecule has 102 valence electrons. The minimum absolute atomic E-state index is 0.0140. The van der Waals surface area contributed by atoms with Crippen LogP contribution >= 0.6 is 0 Å². The molecule has 19 heavy (non-hydrogen) atoms. The molecule has 0 atom stereocenters. The average Bonchev–Trinajstić information content (AvgIpc) is 2.84. The quantitative estimate of drug-likeness (QED) is 0.871. The molecule has 0 unspecified atom stereocenters. The Balaban J connectivity index is 2.14. The van der Waals surface area contributed by atoms with E-state index in [0.717, 1.165) is 6.54 Å². The standard InChI is InChI=1S/C13H16F2N4/c1-2-16-8-12-17-10-18-19(12)9-13(14,15)11-6-4-3-5-7-11/h3-7,10,16H,2,8-9H2,1H3. The second-order valence-corrected chi connectivity index (χ2v) is 4.18. The molecule has 0 aliphatic rings. The number of nitrogens with zero attached hydrogens (tertiary/aromatic N) is 3. The van der Waals surface area contributed by atoms with Gasteiger partial charge < -0.3 is 5.32 Å². The summed E-state index contributed by atoms with van der Waals surface area (Å²) in [5.74, 6) is -2.45. The molecule has 1 aromatic carbocycles. The normalized spacial score (nSPS) is 11.7. The van der Waals surface area contributed by atoms with Crippen LogP contribution < -0.4 is 5.32 Å². The molecule has 2 rings (SSSR count). The van der Waals surface area contributed by atoms with Crippen molar-refractivity contribution >= 4 is 0 Å². The van der Waals surface area contributed by atoms with Gasteiger partial charge in [-0.2, -0.15) is 13.9 Å². The van der Waals surface area contributed by atoms with Gasteiger partial charge in [-0.1, -0.05) is 37.3 Å². The van der Waals surface area contributed by atoms with Crippen molar-refractivity contribution in [3.8, 4) is 0 Å². The van der Waals surface area contributed by atoms with Crippen molar-refractivity contribution in [2.45, 2.75) is 25.9 Å². The van der Waals surface area contributed by atoms with E-state index in [-0.39, 0.29) is 5.56 Å². The van der Waals surface area contributed by atoms with Crippen molar-refractivity contribution < 1.29 is 8.78 Å². The molecule has 0 saturated carbocycles. The lowest BCUT2D eigenvalue weighted by molar-refractivity contribution is -0.0263. The first-order valence-electron chi connectivity index (χ1n) is 6.14. The van der Waals surface area contributed by atoms with Crippen molar-refractivity contribution in [1.82, 2.24) is 20.1 Å². The predicted octanol–water partition coefficient (Wildman–Crippen LogP) is 2.18. The number of aromatic nitrogens is 3. The summed E-state index contributed by atoms with van der Waals surface area (Å²) in [6.07, 6.45) is 1.30. The molecule has 0 bridgehead atoms. The van der Waals surface area contributed by atoms with Gasteiger partial charge in [0.1, 0.15) is 18.7 Å². The number of alkyl halides is 2. The van der Waals surface area contributed by atoms with Crippen molar-refractivity contribution in [2.24, 2.45) is 0 Å². The Morgan fingerprint density at radius 3 is 2.68 bits per heavy atom. The molecular weight excluding hydrogens is 250 g/mol. The molecule has 0 aliphatic heterocycles. The highest BCUT2D eigenvalue weighted by atomic mass is 19.3. The molecule has 2 aromatic rings. The second kappa shape index (κ2) is 5.88. The summed E-state index contributed by atoms with van der Waals surface area (Å²) in [7, 11) is 0. The van der Waals surface area contributed by atoms with Crippen LogP contribution in [0.2, 0.25) is 0 Å². The van der Waals surface area contributed by atoms with Gasteiger partial charge in [0.15, 0.2) is 0 Å². The first-order valence-corrected chi connectivity index (χ1v) is 6.14. The monoisotopic (exact) mass is 266 g/mol. The van der Waals surface area contributed by atoms with Crippen molar-refractivity contribution in [3.05, 3.63) is 48.0 Å². The van der Waals surface area contributed by atoms with Crippen molar-refractivity contribution in [2.75, 3.05) is 6.54 Å². The van der Waals surface area contributed by atoms with Gasteiger partial charge in [-0.25, -0.2) is 9.67 Å². The minimum atomic E-state index is -2.96. The zero-order valence-electron chi connectivity index (χ0n) is 10.7. The summed E-state index contributed by atoms with van der Waals surface area (Å²) in [6.45, 7) is 2.63. The molecule has 4 nitrogen and oxygen atoms in total. The molecule has 0 aliphatic carbocycles. The summed E-state index contributed by atoms with van der Waals surface area (Å²) in [6, 6.07) is 7.75. The van der Waals surface area contributed by atoms with Gasteiger partial charge in [0, 0.05) is 5.56 Å². The Bertz CT molecular complexity index is 510. The molecule has 0 saturated heterocycles. The molecule has 0 spiro atoms. The number of halogens is 2. The fraction of sp³-hybridized carbons (Fsp3) is 0.385. The maximum absolute atomic E-state index is 14.1. The largest absolute Gasteiger partial charge is 0.310 e. The van der Waals surface area contributed by atoms with E-state index >= 15 is 0 Å². The zero-order chi connectivity index (χ0) is 13.7.